The van der Waals surface area contributed by atoms with E-state index in [0.717, 1.165) is 17.8 Å². The molecule has 0 saturated carbocycles. The number of nitrogen functional groups attached to an aromatic ring is 1. The molecule has 8 heteroatoms. The zero-order valence-corrected chi connectivity index (χ0v) is 11.8. The third kappa shape index (κ3) is 2.82. The molecule has 3 N–H and O–H groups in total. The summed E-state index contributed by atoms with van der Waals surface area (Å²) in [7, 11) is 0. The van der Waals surface area contributed by atoms with Crippen LogP contribution in [0.3, 0.4) is 0 Å². The molecule has 1 aromatic carbocycles. The number of nitrogens with one attached hydrogen (secondary N) is 1. The van der Waals surface area contributed by atoms with Gasteiger partial charge >= 0.3 is 0 Å². The summed E-state index contributed by atoms with van der Waals surface area (Å²) in [4.78, 5) is 31.1. The zero-order valence-electron chi connectivity index (χ0n) is 11.8. The summed E-state index contributed by atoms with van der Waals surface area (Å²) in [5, 5.41) is 10.8. The molecule has 1 aromatic heterocycles. The van der Waals surface area contributed by atoms with E-state index in [-0.39, 0.29) is 17.2 Å². The largest absolute Gasteiger partial charge is 0.369 e. The Hall–Kier alpha value is -2.74. The second-order valence-electron chi connectivity index (χ2n) is 5.26. The van der Waals surface area contributed by atoms with Gasteiger partial charge in [0.15, 0.2) is 0 Å². The molecule has 1 aliphatic rings. The van der Waals surface area contributed by atoms with Gasteiger partial charge in [0.25, 0.3) is 11.2 Å². The van der Waals surface area contributed by atoms with Crippen molar-refractivity contribution in [3.63, 3.8) is 0 Å². The van der Waals surface area contributed by atoms with Crippen LogP contribution in [-0.4, -0.2) is 26.3 Å². The van der Waals surface area contributed by atoms with E-state index in [1.807, 2.05) is 6.07 Å². The number of hydrogen-bond donors (Lipinski definition) is 2. The van der Waals surface area contributed by atoms with Crippen LogP contribution in [0.15, 0.2) is 29.1 Å². The maximum absolute atomic E-state index is 11.9. The molecule has 0 radical (unpaired) electrons. The van der Waals surface area contributed by atoms with Crippen LogP contribution in [0.2, 0.25) is 0 Å². The van der Waals surface area contributed by atoms with Gasteiger partial charge in [-0.1, -0.05) is 12.1 Å². The highest BCUT2D eigenvalue weighted by Crippen LogP contribution is 2.19. The molecule has 0 fully saturated rings. The summed E-state index contributed by atoms with van der Waals surface area (Å²) in [6, 6.07) is 6.53. The number of H-pyrrole nitrogens is 1. The molecule has 3 rings (SSSR count). The van der Waals surface area contributed by atoms with Gasteiger partial charge in [0.2, 0.25) is 5.95 Å². The number of hydrogen-bond acceptors (Lipinski definition) is 6. The van der Waals surface area contributed by atoms with Gasteiger partial charge in [-0.3, -0.25) is 24.8 Å². The molecule has 0 atom stereocenters. The summed E-state index contributed by atoms with van der Waals surface area (Å²) in [6.07, 6.45) is 0.637. The lowest BCUT2D eigenvalue weighted by Crippen LogP contribution is -2.35. The van der Waals surface area contributed by atoms with Crippen LogP contribution in [0, 0.1) is 10.1 Å². The SMILES string of the molecule is Nc1nc2c(c(=O)[nH]1)CN(Cc1cccc([N+](=O)[O-])c1)CC2. The first-order valence-electron chi connectivity index (χ1n) is 6.86. The fraction of sp³-hybridized carbons (Fsp3) is 0.286. The predicted molar refractivity (Wildman–Crippen MR) is 80.2 cm³/mol. The van der Waals surface area contributed by atoms with Crippen molar-refractivity contribution in [2.45, 2.75) is 19.5 Å². The minimum absolute atomic E-state index is 0.0715. The maximum atomic E-state index is 11.9. The van der Waals surface area contributed by atoms with Gasteiger partial charge in [-0.05, 0) is 5.56 Å². The molecular weight excluding hydrogens is 286 g/mol. The number of nitro benzene ring substituents is 1. The normalized spacial score (nSPS) is 14.5. The topological polar surface area (TPSA) is 118 Å². The summed E-state index contributed by atoms with van der Waals surface area (Å²) in [6.45, 7) is 1.73. The van der Waals surface area contributed by atoms with Crippen molar-refractivity contribution < 1.29 is 4.92 Å². The van der Waals surface area contributed by atoms with Crippen LogP contribution >= 0.6 is 0 Å². The standard InChI is InChI=1S/C14H15N5O3/c15-14-16-12-4-5-18(8-11(12)13(20)17-14)7-9-2-1-3-10(6-9)19(21)22/h1-3,6H,4-5,7-8H2,(H3,15,16,17,20). The van der Waals surface area contributed by atoms with Crippen molar-refractivity contribution in [3.05, 3.63) is 61.6 Å². The van der Waals surface area contributed by atoms with E-state index < -0.39 is 4.92 Å². The highest BCUT2D eigenvalue weighted by molar-refractivity contribution is 5.34. The number of non-ortho nitro benzene ring substituents is 1. The van der Waals surface area contributed by atoms with E-state index >= 15 is 0 Å². The molecule has 8 nitrogen and oxygen atoms in total. The summed E-state index contributed by atoms with van der Waals surface area (Å²) < 4.78 is 0. The lowest BCUT2D eigenvalue weighted by Gasteiger charge is -2.27. The van der Waals surface area contributed by atoms with Gasteiger partial charge in [-0.15, -0.1) is 0 Å². The summed E-state index contributed by atoms with van der Waals surface area (Å²) in [5.41, 5.74) is 7.59. The van der Waals surface area contributed by atoms with E-state index in [2.05, 4.69) is 14.9 Å². The Morgan fingerprint density at radius 2 is 2.27 bits per heavy atom. The van der Waals surface area contributed by atoms with Crippen LogP contribution in [-0.2, 0) is 19.5 Å². The first-order chi connectivity index (χ1) is 10.5. The molecule has 0 aliphatic carbocycles. The number of aromatic nitrogens is 2. The summed E-state index contributed by atoms with van der Waals surface area (Å²) in [5.74, 6) is 0.135. The van der Waals surface area contributed by atoms with Gasteiger partial charge in [-0.2, -0.15) is 0 Å². The zero-order chi connectivity index (χ0) is 15.7. The molecule has 0 bridgehead atoms. The molecular formula is C14H15N5O3. The fourth-order valence-electron chi connectivity index (χ4n) is 2.66. The number of nitrogens with zero attached hydrogens (tertiary/aromatic N) is 3. The second kappa shape index (κ2) is 5.57. The van der Waals surface area contributed by atoms with Crippen LogP contribution in [0.1, 0.15) is 16.8 Å². The number of aromatic amines is 1. The number of rotatable bonds is 3. The second-order valence-corrected chi connectivity index (χ2v) is 5.26. The first-order valence-corrected chi connectivity index (χ1v) is 6.86. The predicted octanol–water partition coefficient (Wildman–Crippen LogP) is 0.819. The molecule has 0 saturated heterocycles. The van der Waals surface area contributed by atoms with E-state index in [1.54, 1.807) is 12.1 Å². The van der Waals surface area contributed by atoms with Crippen molar-refractivity contribution >= 4 is 11.6 Å². The number of nitro groups is 1. The Morgan fingerprint density at radius 1 is 1.45 bits per heavy atom. The van der Waals surface area contributed by atoms with Crippen LogP contribution < -0.4 is 11.3 Å². The molecule has 2 heterocycles. The van der Waals surface area contributed by atoms with Crippen LogP contribution in [0.25, 0.3) is 0 Å². The van der Waals surface area contributed by atoms with E-state index in [9.17, 15) is 14.9 Å². The van der Waals surface area contributed by atoms with Crippen molar-refractivity contribution in [2.75, 3.05) is 12.3 Å². The Morgan fingerprint density at radius 3 is 3.05 bits per heavy atom. The van der Waals surface area contributed by atoms with Gasteiger partial charge in [-0.25, -0.2) is 4.98 Å². The number of fused-ring (bicyclic) bond motifs is 1. The fourth-order valence-corrected chi connectivity index (χ4v) is 2.66. The molecule has 0 spiro atoms. The van der Waals surface area contributed by atoms with Gasteiger partial charge in [0.05, 0.1) is 16.2 Å². The van der Waals surface area contributed by atoms with Crippen LogP contribution in [0.4, 0.5) is 11.6 Å². The molecule has 114 valence electrons. The molecule has 2 aromatic rings. The van der Waals surface area contributed by atoms with E-state index in [0.29, 0.717) is 25.1 Å². The number of nitrogens with two attached hydrogens (primary N) is 1. The third-order valence-electron chi connectivity index (χ3n) is 3.69. The maximum Gasteiger partial charge on any atom is 0.269 e. The number of benzene rings is 1. The lowest BCUT2D eigenvalue weighted by molar-refractivity contribution is -0.384. The van der Waals surface area contributed by atoms with Crippen LogP contribution in [0.5, 0.6) is 0 Å². The van der Waals surface area contributed by atoms with Crippen molar-refractivity contribution in [1.82, 2.24) is 14.9 Å². The molecule has 0 unspecified atom stereocenters. The Bertz CT molecular complexity index is 786. The first kappa shape index (κ1) is 14.2. The van der Waals surface area contributed by atoms with Gasteiger partial charge in [0, 0.05) is 38.2 Å². The smallest absolute Gasteiger partial charge is 0.269 e. The Labute approximate surface area is 125 Å². The highest BCUT2D eigenvalue weighted by atomic mass is 16.6. The van der Waals surface area contributed by atoms with Crippen molar-refractivity contribution in [2.24, 2.45) is 0 Å². The minimum atomic E-state index is -0.410. The molecule has 0 amide bonds. The van der Waals surface area contributed by atoms with E-state index in [1.165, 1.54) is 6.07 Å². The quantitative estimate of drug-likeness (QED) is 0.640. The van der Waals surface area contributed by atoms with Gasteiger partial charge in [0.1, 0.15) is 0 Å². The average molecular weight is 301 g/mol. The highest BCUT2D eigenvalue weighted by Gasteiger charge is 2.21. The number of anilines is 1. The molecule has 22 heavy (non-hydrogen) atoms. The minimum Gasteiger partial charge on any atom is -0.369 e. The van der Waals surface area contributed by atoms with E-state index in [4.69, 9.17) is 5.73 Å². The van der Waals surface area contributed by atoms with Crippen molar-refractivity contribution in [3.8, 4) is 0 Å². The Balaban J connectivity index is 1.79. The monoisotopic (exact) mass is 301 g/mol. The van der Waals surface area contributed by atoms with Crippen molar-refractivity contribution in [1.29, 1.82) is 0 Å². The lowest BCUT2D eigenvalue weighted by atomic mass is 10.1. The van der Waals surface area contributed by atoms with Gasteiger partial charge < -0.3 is 5.73 Å². The Kier molecular flexibility index (Phi) is 3.60. The molecule has 1 aliphatic heterocycles. The third-order valence-corrected chi connectivity index (χ3v) is 3.69. The average Bonchev–Trinajstić information content (AvgIpc) is 2.48. The summed E-state index contributed by atoms with van der Waals surface area (Å²) >= 11 is 0.